The van der Waals surface area contributed by atoms with Gasteiger partial charge in [0.2, 0.25) is 12.1 Å². The first kappa shape index (κ1) is 8.64. The number of carboxylic acids is 1. The van der Waals surface area contributed by atoms with Crippen molar-refractivity contribution in [1.82, 2.24) is 5.32 Å². The number of carboxylic acid groups (broad SMARTS) is 1. The van der Waals surface area contributed by atoms with Crippen LogP contribution in [0, 0.1) is 0 Å². The SMILES string of the molecule is C=CC(=O)NC(O)C(=O)O. The van der Waals surface area contributed by atoms with Crippen molar-refractivity contribution in [2.75, 3.05) is 0 Å². The number of hydrogen-bond donors (Lipinski definition) is 3. The van der Waals surface area contributed by atoms with Crippen molar-refractivity contribution in [2.24, 2.45) is 0 Å². The second kappa shape index (κ2) is 3.62. The molecule has 5 nitrogen and oxygen atoms in total. The Labute approximate surface area is 57.0 Å². The van der Waals surface area contributed by atoms with Crippen molar-refractivity contribution in [3.05, 3.63) is 12.7 Å². The standard InChI is InChI=1S/C5H7NO4/c1-2-3(7)6-4(8)5(9)10/h2,4,8H,1H2,(H,6,7)(H,9,10). The van der Waals surface area contributed by atoms with Crippen LogP contribution >= 0.6 is 0 Å². The third kappa shape index (κ3) is 2.83. The van der Waals surface area contributed by atoms with Crippen LogP contribution in [-0.4, -0.2) is 28.3 Å². The van der Waals surface area contributed by atoms with Crippen LogP contribution in [-0.2, 0) is 9.59 Å². The van der Waals surface area contributed by atoms with Gasteiger partial charge in [-0.2, -0.15) is 0 Å². The van der Waals surface area contributed by atoms with E-state index in [1.807, 2.05) is 0 Å². The van der Waals surface area contributed by atoms with Crippen LogP contribution in [0.4, 0.5) is 0 Å². The van der Waals surface area contributed by atoms with Crippen LogP contribution in [0.1, 0.15) is 0 Å². The number of amides is 1. The lowest BCUT2D eigenvalue weighted by Crippen LogP contribution is -2.39. The Hall–Kier alpha value is -1.36. The molecule has 1 atom stereocenters. The summed E-state index contributed by atoms with van der Waals surface area (Å²) in [6.45, 7) is 3.06. The van der Waals surface area contributed by atoms with Gasteiger partial charge in [0, 0.05) is 0 Å². The highest BCUT2D eigenvalue weighted by Crippen LogP contribution is 1.76. The molecule has 0 spiro atoms. The molecule has 0 aromatic rings. The molecule has 0 saturated carbocycles. The highest BCUT2D eigenvalue weighted by Gasteiger charge is 2.13. The molecule has 56 valence electrons. The molecule has 0 radical (unpaired) electrons. The van der Waals surface area contributed by atoms with Crippen LogP contribution < -0.4 is 5.32 Å². The topological polar surface area (TPSA) is 86.6 Å². The van der Waals surface area contributed by atoms with E-state index in [-0.39, 0.29) is 0 Å². The largest absolute Gasteiger partial charge is 0.478 e. The molecule has 0 saturated heterocycles. The van der Waals surface area contributed by atoms with Gasteiger partial charge in [0.05, 0.1) is 0 Å². The van der Waals surface area contributed by atoms with Crippen molar-refractivity contribution in [3.8, 4) is 0 Å². The lowest BCUT2D eigenvalue weighted by atomic mass is 10.5. The first-order chi connectivity index (χ1) is 4.57. The molecule has 0 aromatic heterocycles. The van der Waals surface area contributed by atoms with Crippen LogP contribution in [0.2, 0.25) is 0 Å². The highest BCUT2D eigenvalue weighted by molar-refractivity contribution is 5.89. The molecule has 5 heteroatoms. The van der Waals surface area contributed by atoms with E-state index < -0.39 is 18.1 Å². The molecule has 0 fully saturated rings. The smallest absolute Gasteiger partial charge is 0.353 e. The van der Waals surface area contributed by atoms with E-state index in [1.54, 1.807) is 5.32 Å². The van der Waals surface area contributed by atoms with Crippen LogP contribution in [0.25, 0.3) is 0 Å². The van der Waals surface area contributed by atoms with Gasteiger partial charge in [0.15, 0.2) is 0 Å². The van der Waals surface area contributed by atoms with Gasteiger partial charge in [-0.15, -0.1) is 0 Å². The van der Waals surface area contributed by atoms with Crippen molar-refractivity contribution in [2.45, 2.75) is 6.23 Å². The fourth-order valence-corrected chi connectivity index (χ4v) is 0.255. The lowest BCUT2D eigenvalue weighted by molar-refractivity contribution is -0.150. The van der Waals surface area contributed by atoms with E-state index in [0.717, 1.165) is 6.08 Å². The molecular formula is C5H7NO4. The number of hydrogen-bond acceptors (Lipinski definition) is 3. The first-order valence-corrected chi connectivity index (χ1v) is 2.41. The molecule has 3 N–H and O–H groups in total. The molecule has 0 aliphatic heterocycles. The minimum atomic E-state index is -1.86. The monoisotopic (exact) mass is 145 g/mol. The number of nitrogens with one attached hydrogen (secondary N) is 1. The maximum Gasteiger partial charge on any atom is 0.353 e. The van der Waals surface area contributed by atoms with Crippen molar-refractivity contribution in [3.63, 3.8) is 0 Å². The Morgan fingerprint density at radius 2 is 2.10 bits per heavy atom. The Kier molecular flexibility index (Phi) is 3.13. The fourth-order valence-electron chi connectivity index (χ4n) is 0.255. The van der Waals surface area contributed by atoms with Gasteiger partial charge >= 0.3 is 5.97 Å². The van der Waals surface area contributed by atoms with E-state index in [4.69, 9.17) is 10.2 Å². The zero-order valence-corrected chi connectivity index (χ0v) is 5.07. The molecule has 1 unspecified atom stereocenters. The summed E-state index contributed by atoms with van der Waals surface area (Å²) in [4.78, 5) is 20.1. The molecule has 0 rings (SSSR count). The van der Waals surface area contributed by atoms with E-state index in [9.17, 15) is 9.59 Å². The second-order valence-corrected chi connectivity index (χ2v) is 1.45. The number of aliphatic carboxylic acids is 1. The second-order valence-electron chi connectivity index (χ2n) is 1.45. The predicted octanol–water partition coefficient (Wildman–Crippen LogP) is -1.31. The minimum absolute atomic E-state index is 0.727. The summed E-state index contributed by atoms with van der Waals surface area (Å²) in [6, 6.07) is 0. The Balaban J connectivity index is 3.79. The van der Waals surface area contributed by atoms with Crippen molar-refractivity contribution in [1.29, 1.82) is 0 Å². The number of rotatable bonds is 3. The Morgan fingerprint density at radius 1 is 1.60 bits per heavy atom. The van der Waals surface area contributed by atoms with E-state index in [0.29, 0.717) is 0 Å². The molecule has 0 aromatic carbocycles. The summed E-state index contributed by atoms with van der Waals surface area (Å²) in [6.07, 6.45) is -0.989. The first-order valence-electron chi connectivity index (χ1n) is 2.41. The number of carbonyl (C=O) groups excluding carboxylic acids is 1. The maximum absolute atomic E-state index is 10.3. The van der Waals surface area contributed by atoms with E-state index in [1.165, 1.54) is 0 Å². The summed E-state index contributed by atoms with van der Waals surface area (Å²) >= 11 is 0. The number of aliphatic hydroxyl groups excluding tert-OH is 1. The average molecular weight is 145 g/mol. The molecule has 1 amide bonds. The third-order valence-electron chi connectivity index (χ3n) is 0.698. The zero-order valence-electron chi connectivity index (χ0n) is 5.07. The van der Waals surface area contributed by atoms with Gasteiger partial charge in [-0.05, 0) is 6.08 Å². The third-order valence-corrected chi connectivity index (χ3v) is 0.698. The molecule has 0 aliphatic rings. The van der Waals surface area contributed by atoms with Gasteiger partial charge in [0.25, 0.3) is 0 Å². The quantitative estimate of drug-likeness (QED) is 0.340. The molecule has 0 heterocycles. The molecule has 0 aliphatic carbocycles. The minimum Gasteiger partial charge on any atom is -0.478 e. The predicted molar refractivity (Wildman–Crippen MR) is 32.0 cm³/mol. The zero-order chi connectivity index (χ0) is 8.15. The molecule has 0 bridgehead atoms. The van der Waals surface area contributed by atoms with Crippen molar-refractivity contribution < 1.29 is 19.8 Å². The summed E-state index contributed by atoms with van der Waals surface area (Å²) in [5.41, 5.74) is 0. The number of carbonyl (C=O) groups is 2. The lowest BCUT2D eigenvalue weighted by Gasteiger charge is -2.03. The van der Waals surface area contributed by atoms with Gasteiger partial charge in [0.1, 0.15) is 0 Å². The molecular weight excluding hydrogens is 138 g/mol. The normalized spacial score (nSPS) is 11.7. The van der Waals surface area contributed by atoms with Crippen LogP contribution in [0.5, 0.6) is 0 Å². The Morgan fingerprint density at radius 3 is 2.40 bits per heavy atom. The van der Waals surface area contributed by atoms with E-state index >= 15 is 0 Å². The van der Waals surface area contributed by atoms with Gasteiger partial charge < -0.3 is 15.5 Å². The van der Waals surface area contributed by atoms with Gasteiger partial charge in [-0.3, -0.25) is 4.79 Å². The average Bonchev–Trinajstić information content (AvgIpc) is 1.87. The molecule has 10 heavy (non-hydrogen) atoms. The summed E-state index contributed by atoms with van der Waals surface area (Å²) in [5.74, 6) is -2.23. The van der Waals surface area contributed by atoms with Crippen molar-refractivity contribution >= 4 is 11.9 Å². The summed E-state index contributed by atoms with van der Waals surface area (Å²) < 4.78 is 0. The Bertz CT molecular complexity index is 165. The van der Waals surface area contributed by atoms with Crippen LogP contribution in [0.3, 0.4) is 0 Å². The van der Waals surface area contributed by atoms with Gasteiger partial charge in [-0.25, -0.2) is 4.79 Å². The maximum atomic E-state index is 10.3. The number of aliphatic hydroxyl groups is 1. The van der Waals surface area contributed by atoms with Crippen LogP contribution in [0.15, 0.2) is 12.7 Å². The van der Waals surface area contributed by atoms with Gasteiger partial charge in [-0.1, -0.05) is 6.58 Å². The highest BCUT2D eigenvalue weighted by atomic mass is 16.4. The summed E-state index contributed by atoms with van der Waals surface area (Å²) in [5, 5.41) is 18.2. The fraction of sp³-hybridized carbons (Fsp3) is 0.200. The van der Waals surface area contributed by atoms with E-state index in [2.05, 4.69) is 6.58 Å². The summed E-state index contributed by atoms with van der Waals surface area (Å²) in [7, 11) is 0.